The van der Waals surface area contributed by atoms with Crippen molar-refractivity contribution in [3.63, 3.8) is 0 Å². The molecule has 0 radical (unpaired) electrons. The first-order valence-electron chi connectivity index (χ1n) is 8.10. The second kappa shape index (κ2) is 7.18. The van der Waals surface area contributed by atoms with E-state index < -0.39 is 28.6 Å². The van der Waals surface area contributed by atoms with Gasteiger partial charge in [-0.15, -0.1) is 0 Å². The topological polar surface area (TPSA) is 121 Å². The third-order valence-corrected chi connectivity index (χ3v) is 4.57. The fourth-order valence-electron chi connectivity index (χ4n) is 3.07. The van der Waals surface area contributed by atoms with E-state index in [2.05, 4.69) is 0 Å². The third-order valence-electron chi connectivity index (χ3n) is 4.57. The van der Waals surface area contributed by atoms with Crippen LogP contribution in [0.3, 0.4) is 0 Å². The second-order valence-electron chi connectivity index (χ2n) is 6.91. The van der Waals surface area contributed by atoms with E-state index >= 15 is 0 Å². The van der Waals surface area contributed by atoms with Crippen LogP contribution in [0.2, 0.25) is 0 Å². The molecular formula is C17H22N2O6. The number of carboxylic acid groups (broad SMARTS) is 1. The molecule has 0 aromatic heterocycles. The van der Waals surface area contributed by atoms with Crippen molar-refractivity contribution in [2.45, 2.75) is 44.9 Å². The molecule has 8 heteroatoms. The summed E-state index contributed by atoms with van der Waals surface area (Å²) in [6.07, 6.45) is -0.602. The van der Waals surface area contributed by atoms with Gasteiger partial charge in [-0.3, -0.25) is 19.7 Å². The lowest BCUT2D eigenvalue weighted by atomic mass is 9.88. The zero-order valence-electron chi connectivity index (χ0n) is 14.2. The average molecular weight is 350 g/mol. The number of nitrogens with zero attached hydrogens (tertiary/aromatic N) is 2. The first kappa shape index (κ1) is 18.9. The molecule has 1 aromatic rings. The number of benzene rings is 1. The fraction of sp³-hybridized carbons (Fsp3) is 0.529. The third kappa shape index (κ3) is 3.96. The number of amides is 1. The number of aliphatic hydroxyl groups is 1. The summed E-state index contributed by atoms with van der Waals surface area (Å²) < 4.78 is 0. The van der Waals surface area contributed by atoms with E-state index in [0.29, 0.717) is 17.5 Å². The molecule has 0 saturated heterocycles. The molecule has 2 rings (SSSR count). The lowest BCUT2D eigenvalue weighted by molar-refractivity contribution is -0.562. The van der Waals surface area contributed by atoms with Crippen molar-refractivity contribution in [2.75, 3.05) is 6.54 Å². The Morgan fingerprint density at radius 3 is 2.60 bits per heavy atom. The highest BCUT2D eigenvalue weighted by Crippen LogP contribution is 2.32. The van der Waals surface area contributed by atoms with Crippen molar-refractivity contribution in [3.05, 3.63) is 45.5 Å². The van der Waals surface area contributed by atoms with E-state index in [1.165, 1.54) is 18.7 Å². The van der Waals surface area contributed by atoms with Gasteiger partial charge in [-0.2, -0.15) is 0 Å². The van der Waals surface area contributed by atoms with Gasteiger partial charge in [-0.25, -0.2) is 0 Å². The van der Waals surface area contributed by atoms with Crippen molar-refractivity contribution in [2.24, 2.45) is 5.92 Å². The Morgan fingerprint density at radius 2 is 2.04 bits per heavy atom. The van der Waals surface area contributed by atoms with E-state index in [4.69, 9.17) is 0 Å². The molecule has 8 nitrogen and oxygen atoms in total. The highest BCUT2D eigenvalue weighted by atomic mass is 16.6. The van der Waals surface area contributed by atoms with Crippen molar-refractivity contribution in [1.29, 1.82) is 0 Å². The van der Waals surface area contributed by atoms with Gasteiger partial charge in [0.2, 0.25) is 5.54 Å². The first-order valence-corrected chi connectivity index (χ1v) is 8.10. The maximum atomic E-state index is 12.3. The summed E-state index contributed by atoms with van der Waals surface area (Å²) in [7, 11) is 0. The number of aliphatic hydroxyl groups excluding tert-OH is 1. The Morgan fingerprint density at radius 1 is 1.40 bits per heavy atom. The minimum atomic E-state index is -1.33. The summed E-state index contributed by atoms with van der Waals surface area (Å²) in [5, 5.41) is 30.5. The van der Waals surface area contributed by atoms with Gasteiger partial charge >= 0.3 is 5.97 Å². The van der Waals surface area contributed by atoms with Crippen LogP contribution in [0.1, 0.15) is 55.3 Å². The SMILES string of the molecule is CC(C)(C[C@@H](CCCN1C(=O)c2ccccc2C1O)C(=O)O)[N+](=O)[O-]. The number of rotatable bonds is 8. The van der Waals surface area contributed by atoms with Crippen LogP contribution in [-0.2, 0) is 4.79 Å². The summed E-state index contributed by atoms with van der Waals surface area (Å²) in [6, 6.07) is 6.77. The average Bonchev–Trinajstić information content (AvgIpc) is 2.78. The molecule has 0 fully saturated rings. The highest BCUT2D eigenvalue weighted by molar-refractivity contribution is 5.98. The molecule has 0 aliphatic carbocycles. The lowest BCUT2D eigenvalue weighted by Crippen LogP contribution is -2.36. The van der Waals surface area contributed by atoms with Crippen LogP contribution in [0, 0.1) is 16.0 Å². The molecule has 2 atom stereocenters. The molecule has 1 heterocycles. The quantitative estimate of drug-likeness (QED) is 0.547. The standard InChI is InChI=1S/C17H22N2O6/c1-17(2,19(24)25)10-11(16(22)23)6-5-9-18-14(20)12-7-3-4-8-13(12)15(18)21/h3-4,7-8,11,14,20H,5-6,9-10H2,1-2H3,(H,22,23)/t11-,14?/m1/s1. The van der Waals surface area contributed by atoms with E-state index in [0.717, 1.165) is 0 Å². The summed E-state index contributed by atoms with van der Waals surface area (Å²) >= 11 is 0. The highest BCUT2D eigenvalue weighted by Gasteiger charge is 2.38. The molecule has 0 saturated carbocycles. The van der Waals surface area contributed by atoms with Gasteiger partial charge in [0.1, 0.15) is 0 Å². The number of carbonyl (C=O) groups is 2. The zero-order chi connectivity index (χ0) is 18.8. The van der Waals surface area contributed by atoms with Crippen LogP contribution in [0.15, 0.2) is 24.3 Å². The first-order chi connectivity index (χ1) is 11.6. The normalized spacial score (nSPS) is 18.1. The van der Waals surface area contributed by atoms with Crippen molar-refractivity contribution in [1.82, 2.24) is 4.90 Å². The molecule has 1 unspecified atom stereocenters. The second-order valence-corrected chi connectivity index (χ2v) is 6.91. The van der Waals surface area contributed by atoms with Crippen LogP contribution in [0.25, 0.3) is 0 Å². The number of hydrogen-bond acceptors (Lipinski definition) is 5. The minimum Gasteiger partial charge on any atom is -0.481 e. The van der Waals surface area contributed by atoms with E-state index in [-0.39, 0.29) is 25.3 Å². The van der Waals surface area contributed by atoms with Crippen molar-refractivity contribution < 1.29 is 24.7 Å². The molecule has 1 aliphatic heterocycles. The van der Waals surface area contributed by atoms with Gasteiger partial charge in [0.15, 0.2) is 6.23 Å². The van der Waals surface area contributed by atoms with Gasteiger partial charge in [-0.05, 0) is 18.9 Å². The van der Waals surface area contributed by atoms with Gasteiger partial charge in [-0.1, -0.05) is 18.2 Å². The van der Waals surface area contributed by atoms with Gasteiger partial charge < -0.3 is 15.1 Å². The smallest absolute Gasteiger partial charge is 0.306 e. The Balaban J connectivity index is 1.96. The van der Waals surface area contributed by atoms with Crippen LogP contribution in [-0.4, -0.2) is 44.0 Å². The van der Waals surface area contributed by atoms with Crippen LogP contribution in [0.5, 0.6) is 0 Å². The zero-order valence-corrected chi connectivity index (χ0v) is 14.2. The van der Waals surface area contributed by atoms with Crippen molar-refractivity contribution >= 4 is 11.9 Å². The maximum absolute atomic E-state index is 12.3. The van der Waals surface area contributed by atoms with E-state index in [1.54, 1.807) is 24.3 Å². The van der Waals surface area contributed by atoms with Gasteiger partial charge in [0.25, 0.3) is 5.91 Å². The van der Waals surface area contributed by atoms with Crippen LogP contribution < -0.4 is 0 Å². The van der Waals surface area contributed by atoms with Gasteiger partial charge in [0.05, 0.1) is 5.92 Å². The molecule has 2 N–H and O–H groups in total. The van der Waals surface area contributed by atoms with Crippen molar-refractivity contribution in [3.8, 4) is 0 Å². The number of carboxylic acids is 1. The van der Waals surface area contributed by atoms with E-state index in [1.807, 2.05) is 0 Å². The largest absolute Gasteiger partial charge is 0.481 e. The molecule has 1 amide bonds. The molecule has 25 heavy (non-hydrogen) atoms. The summed E-state index contributed by atoms with van der Waals surface area (Å²) in [5.74, 6) is -2.26. The molecule has 136 valence electrons. The number of hydrogen-bond donors (Lipinski definition) is 2. The fourth-order valence-corrected chi connectivity index (χ4v) is 3.07. The minimum absolute atomic E-state index is 0.0912. The Kier molecular flexibility index (Phi) is 5.42. The predicted octanol–water partition coefficient (Wildman–Crippen LogP) is 2.06. The molecule has 1 aliphatic rings. The number of fused-ring (bicyclic) bond motifs is 1. The Labute approximate surface area is 145 Å². The summed E-state index contributed by atoms with van der Waals surface area (Å²) in [5.41, 5.74) is -0.349. The summed E-state index contributed by atoms with van der Waals surface area (Å²) in [4.78, 5) is 35.5. The van der Waals surface area contributed by atoms with E-state index in [9.17, 15) is 29.9 Å². The Bertz CT molecular complexity index is 687. The lowest BCUT2D eigenvalue weighted by Gasteiger charge is -2.23. The predicted molar refractivity (Wildman–Crippen MR) is 88.5 cm³/mol. The molecular weight excluding hydrogens is 328 g/mol. The molecule has 1 aromatic carbocycles. The maximum Gasteiger partial charge on any atom is 0.306 e. The van der Waals surface area contributed by atoms with Crippen LogP contribution in [0.4, 0.5) is 0 Å². The van der Waals surface area contributed by atoms with Crippen LogP contribution >= 0.6 is 0 Å². The molecule has 0 spiro atoms. The monoisotopic (exact) mass is 350 g/mol. The number of aliphatic carboxylic acids is 1. The van der Waals surface area contributed by atoms with Gasteiger partial charge in [0, 0.05) is 42.9 Å². The Hall–Kier alpha value is -2.48. The molecule has 0 bridgehead atoms. The number of carbonyl (C=O) groups excluding carboxylic acids is 1. The number of nitro groups is 1. The summed E-state index contributed by atoms with van der Waals surface area (Å²) in [6.45, 7) is 2.98.